The van der Waals surface area contributed by atoms with Crippen LogP contribution in [0.15, 0.2) is 34.0 Å². The Hall–Kier alpha value is -2.48. The molecule has 0 fully saturated rings. The number of nitrogens with one attached hydrogen (secondary N) is 1. The van der Waals surface area contributed by atoms with Gasteiger partial charge in [-0.3, -0.25) is 0 Å². The van der Waals surface area contributed by atoms with Crippen molar-refractivity contribution in [2.24, 2.45) is 0 Å². The van der Waals surface area contributed by atoms with Crippen molar-refractivity contribution < 1.29 is 24.5 Å². The second-order valence-corrected chi connectivity index (χ2v) is 6.07. The van der Waals surface area contributed by atoms with Gasteiger partial charge in [-0.15, -0.1) is 0 Å². The molecule has 0 spiro atoms. The number of aromatic nitrogens is 2. The van der Waals surface area contributed by atoms with Crippen molar-refractivity contribution in [3.8, 4) is 0 Å². The van der Waals surface area contributed by atoms with Crippen LogP contribution in [0.4, 0.5) is 0 Å². The van der Waals surface area contributed by atoms with Gasteiger partial charge in [0.1, 0.15) is 0 Å². The summed E-state index contributed by atoms with van der Waals surface area (Å²) in [5.74, 6) is -3.12. The standard InChI is InChI=1S/C14H12N2O5S/c1-6-3-4-7-8(5-6)16-13(15-7)22-10-9(17)11(18)21-14(10,2)12(19)20/h3-5,17H,1-2H3,(H,15,16)(H,19,20). The predicted octanol–water partition coefficient (Wildman–Crippen LogP) is 2.13. The Morgan fingerprint density at radius 1 is 1.45 bits per heavy atom. The van der Waals surface area contributed by atoms with Crippen LogP contribution < -0.4 is 0 Å². The number of aliphatic carboxylic acids is 1. The molecular weight excluding hydrogens is 308 g/mol. The number of carbonyl (C=O) groups excluding carboxylic acids is 1. The molecule has 22 heavy (non-hydrogen) atoms. The molecule has 114 valence electrons. The maximum Gasteiger partial charge on any atom is 0.375 e. The number of benzene rings is 1. The minimum atomic E-state index is -1.92. The lowest BCUT2D eigenvalue weighted by Crippen LogP contribution is -2.37. The van der Waals surface area contributed by atoms with E-state index in [-0.39, 0.29) is 4.91 Å². The van der Waals surface area contributed by atoms with Gasteiger partial charge >= 0.3 is 11.9 Å². The molecule has 1 aliphatic heterocycles. The summed E-state index contributed by atoms with van der Waals surface area (Å²) < 4.78 is 4.78. The van der Waals surface area contributed by atoms with Gasteiger partial charge in [-0.2, -0.15) is 0 Å². The van der Waals surface area contributed by atoms with Gasteiger partial charge in [0.05, 0.1) is 15.9 Å². The van der Waals surface area contributed by atoms with Crippen molar-refractivity contribution in [3.05, 3.63) is 34.4 Å². The molecule has 0 bridgehead atoms. The van der Waals surface area contributed by atoms with Crippen molar-refractivity contribution in [2.75, 3.05) is 0 Å². The molecule has 1 unspecified atom stereocenters. The number of carbonyl (C=O) groups is 2. The van der Waals surface area contributed by atoms with E-state index in [1.54, 1.807) is 0 Å². The quantitative estimate of drug-likeness (QED) is 0.742. The molecule has 0 saturated carbocycles. The van der Waals surface area contributed by atoms with Gasteiger partial charge in [0.25, 0.3) is 0 Å². The van der Waals surface area contributed by atoms with E-state index in [1.807, 2.05) is 25.1 Å². The molecule has 1 aromatic heterocycles. The summed E-state index contributed by atoms with van der Waals surface area (Å²) in [6.07, 6.45) is 0. The highest BCUT2D eigenvalue weighted by Gasteiger charge is 2.51. The van der Waals surface area contributed by atoms with Gasteiger partial charge in [-0.1, -0.05) is 6.07 Å². The summed E-state index contributed by atoms with van der Waals surface area (Å²) in [5, 5.41) is 19.4. The van der Waals surface area contributed by atoms with Crippen molar-refractivity contribution in [2.45, 2.75) is 24.6 Å². The van der Waals surface area contributed by atoms with Gasteiger partial charge in [0.2, 0.25) is 11.4 Å². The maximum atomic E-state index is 11.5. The minimum absolute atomic E-state index is 0.0965. The molecule has 2 heterocycles. The molecule has 7 nitrogen and oxygen atoms in total. The summed E-state index contributed by atoms with van der Waals surface area (Å²) in [6.45, 7) is 3.15. The fourth-order valence-corrected chi connectivity index (χ4v) is 3.13. The van der Waals surface area contributed by atoms with E-state index in [4.69, 9.17) is 4.74 Å². The van der Waals surface area contributed by atoms with Gasteiger partial charge in [-0.25, -0.2) is 14.6 Å². The second-order valence-electron chi connectivity index (χ2n) is 5.07. The number of nitrogens with zero attached hydrogens (tertiary/aromatic N) is 1. The summed E-state index contributed by atoms with van der Waals surface area (Å²) in [5.41, 5.74) is 0.616. The molecular formula is C14H12N2O5S. The van der Waals surface area contributed by atoms with Crippen LogP contribution in [-0.4, -0.2) is 37.7 Å². The molecule has 1 aromatic carbocycles. The van der Waals surface area contributed by atoms with Gasteiger partial charge in [0, 0.05) is 0 Å². The SMILES string of the molecule is Cc1ccc2nc(SC3=C(O)C(=O)OC3(C)C(=O)O)[nH]c2c1. The van der Waals surface area contributed by atoms with Crippen molar-refractivity contribution in [1.29, 1.82) is 0 Å². The first-order valence-corrected chi connectivity index (χ1v) is 7.17. The molecule has 0 radical (unpaired) electrons. The number of H-pyrrole nitrogens is 1. The third-order valence-corrected chi connectivity index (χ3v) is 4.53. The second kappa shape index (κ2) is 4.77. The van der Waals surface area contributed by atoms with Crippen LogP contribution in [0, 0.1) is 6.92 Å². The van der Waals surface area contributed by atoms with Crippen LogP contribution >= 0.6 is 11.8 Å². The van der Waals surface area contributed by atoms with Crippen LogP contribution in [-0.2, 0) is 14.3 Å². The normalized spacial score (nSPS) is 21.5. The van der Waals surface area contributed by atoms with Gasteiger partial charge < -0.3 is 19.9 Å². The zero-order valence-electron chi connectivity index (χ0n) is 11.7. The summed E-state index contributed by atoms with van der Waals surface area (Å²) >= 11 is 0.866. The molecule has 8 heteroatoms. The molecule has 0 saturated heterocycles. The van der Waals surface area contributed by atoms with E-state index in [2.05, 4.69) is 9.97 Å². The Morgan fingerprint density at radius 3 is 2.86 bits per heavy atom. The van der Waals surface area contributed by atoms with Crippen molar-refractivity contribution >= 4 is 34.7 Å². The van der Waals surface area contributed by atoms with Crippen LogP contribution in [0.3, 0.4) is 0 Å². The fourth-order valence-electron chi connectivity index (χ4n) is 2.13. The Bertz CT molecular complexity index is 841. The number of aromatic amines is 1. The molecule has 1 aliphatic rings. The average molecular weight is 320 g/mol. The van der Waals surface area contributed by atoms with E-state index < -0.39 is 23.3 Å². The molecule has 0 aliphatic carbocycles. The lowest BCUT2D eigenvalue weighted by Gasteiger charge is -2.19. The van der Waals surface area contributed by atoms with Crippen LogP contribution in [0.1, 0.15) is 12.5 Å². The topological polar surface area (TPSA) is 113 Å². The van der Waals surface area contributed by atoms with E-state index >= 15 is 0 Å². The number of imidazole rings is 1. The summed E-state index contributed by atoms with van der Waals surface area (Å²) in [7, 11) is 0. The number of aryl methyl sites for hydroxylation is 1. The monoisotopic (exact) mass is 320 g/mol. The van der Waals surface area contributed by atoms with Crippen LogP contribution in [0.25, 0.3) is 11.0 Å². The van der Waals surface area contributed by atoms with Crippen molar-refractivity contribution in [3.63, 3.8) is 0 Å². The number of hydrogen-bond acceptors (Lipinski definition) is 6. The third-order valence-electron chi connectivity index (χ3n) is 3.36. The maximum absolute atomic E-state index is 11.5. The number of aliphatic hydroxyl groups excluding tert-OH is 1. The largest absolute Gasteiger partial charge is 0.501 e. The first-order chi connectivity index (χ1) is 10.3. The molecule has 3 rings (SSSR count). The number of fused-ring (bicyclic) bond motifs is 1. The smallest absolute Gasteiger partial charge is 0.375 e. The Balaban J connectivity index is 2.02. The number of thioether (sulfide) groups is 1. The number of hydrogen-bond donors (Lipinski definition) is 3. The van der Waals surface area contributed by atoms with Gasteiger partial charge in [0.15, 0.2) is 5.16 Å². The molecule has 0 amide bonds. The fraction of sp³-hybridized carbons (Fsp3) is 0.214. The molecule has 3 N–H and O–H groups in total. The van der Waals surface area contributed by atoms with Crippen molar-refractivity contribution in [1.82, 2.24) is 9.97 Å². The van der Waals surface area contributed by atoms with E-state index in [0.717, 1.165) is 22.8 Å². The molecule has 2 aromatic rings. The van der Waals surface area contributed by atoms with E-state index in [1.165, 1.54) is 6.92 Å². The number of carboxylic acid groups (broad SMARTS) is 1. The lowest BCUT2D eigenvalue weighted by atomic mass is 10.1. The third kappa shape index (κ3) is 2.12. The number of aliphatic hydroxyl groups is 1. The predicted molar refractivity (Wildman–Crippen MR) is 78.5 cm³/mol. The minimum Gasteiger partial charge on any atom is -0.501 e. The number of cyclic esters (lactones) is 1. The zero-order valence-corrected chi connectivity index (χ0v) is 12.5. The zero-order chi connectivity index (χ0) is 16.1. The summed E-state index contributed by atoms with van der Waals surface area (Å²) in [6, 6.07) is 5.62. The van der Waals surface area contributed by atoms with E-state index in [0.29, 0.717) is 10.7 Å². The van der Waals surface area contributed by atoms with Crippen LogP contribution in [0.5, 0.6) is 0 Å². The Labute approximate surface area is 129 Å². The highest BCUT2D eigenvalue weighted by Crippen LogP contribution is 2.42. The lowest BCUT2D eigenvalue weighted by molar-refractivity contribution is -0.166. The Morgan fingerprint density at radius 2 is 2.18 bits per heavy atom. The average Bonchev–Trinajstić information content (AvgIpc) is 2.93. The van der Waals surface area contributed by atoms with Gasteiger partial charge in [-0.05, 0) is 43.3 Å². The number of esters is 1. The Kier molecular flexibility index (Phi) is 3.13. The number of carboxylic acids is 1. The van der Waals surface area contributed by atoms with Crippen LogP contribution in [0.2, 0.25) is 0 Å². The first kappa shape index (κ1) is 14.5. The highest BCUT2D eigenvalue weighted by atomic mass is 32.2. The van der Waals surface area contributed by atoms with E-state index in [9.17, 15) is 19.8 Å². The molecule has 1 atom stereocenters. The first-order valence-electron chi connectivity index (χ1n) is 6.36. The highest BCUT2D eigenvalue weighted by molar-refractivity contribution is 8.03. The number of rotatable bonds is 3. The number of ether oxygens (including phenoxy) is 1. The summed E-state index contributed by atoms with van der Waals surface area (Å²) in [4.78, 5) is 30.1.